The molecule has 1 saturated carbocycles. The number of rotatable bonds is 2. The lowest BCUT2D eigenvalue weighted by molar-refractivity contribution is 0.130. The maximum atomic E-state index is 2.77. The molecule has 2 nitrogen and oxygen atoms in total. The summed E-state index contributed by atoms with van der Waals surface area (Å²) in [5, 5.41) is 0. The fourth-order valence-corrected chi connectivity index (χ4v) is 3.50. The summed E-state index contributed by atoms with van der Waals surface area (Å²) in [7, 11) is 0. The van der Waals surface area contributed by atoms with Crippen molar-refractivity contribution in [2.45, 2.75) is 51.5 Å². The van der Waals surface area contributed by atoms with E-state index in [0.717, 1.165) is 6.04 Å². The van der Waals surface area contributed by atoms with Gasteiger partial charge in [-0.1, -0.05) is 13.3 Å². The quantitative estimate of drug-likeness (QED) is 0.707. The lowest BCUT2D eigenvalue weighted by Gasteiger charge is -2.36. The molecule has 0 radical (unpaired) electrons. The zero-order valence-corrected chi connectivity index (χ0v) is 10.7. The molecule has 2 saturated heterocycles. The van der Waals surface area contributed by atoms with Crippen molar-refractivity contribution in [2.75, 3.05) is 32.7 Å². The molecule has 2 heterocycles. The van der Waals surface area contributed by atoms with Gasteiger partial charge in [0.1, 0.15) is 0 Å². The first-order valence-electron chi connectivity index (χ1n) is 7.22. The Morgan fingerprint density at radius 3 is 2.69 bits per heavy atom. The molecule has 0 spiro atoms. The topological polar surface area (TPSA) is 6.48 Å². The molecule has 2 aliphatic heterocycles. The van der Waals surface area contributed by atoms with E-state index in [1.807, 2.05) is 0 Å². The molecule has 1 atom stereocenters. The van der Waals surface area contributed by atoms with Gasteiger partial charge >= 0.3 is 0 Å². The molecule has 1 unspecified atom stereocenters. The van der Waals surface area contributed by atoms with E-state index in [1.54, 1.807) is 0 Å². The minimum Gasteiger partial charge on any atom is -0.301 e. The Balaban J connectivity index is 1.59. The third kappa shape index (κ3) is 2.43. The molecule has 0 bridgehead atoms. The van der Waals surface area contributed by atoms with Crippen LogP contribution >= 0.6 is 0 Å². The highest BCUT2D eigenvalue weighted by Gasteiger charge is 2.39. The van der Waals surface area contributed by atoms with Crippen LogP contribution < -0.4 is 0 Å². The molecular weight excluding hydrogens is 196 g/mol. The maximum absolute atomic E-state index is 2.77. The first kappa shape index (κ1) is 11.0. The van der Waals surface area contributed by atoms with Crippen molar-refractivity contribution in [2.24, 2.45) is 5.41 Å². The smallest absolute Gasteiger partial charge is 0.0223 e. The summed E-state index contributed by atoms with van der Waals surface area (Å²) >= 11 is 0. The minimum absolute atomic E-state index is 0.698. The van der Waals surface area contributed by atoms with E-state index in [0.29, 0.717) is 5.41 Å². The number of piperidine rings is 1. The van der Waals surface area contributed by atoms with Crippen LogP contribution in [-0.2, 0) is 0 Å². The summed E-state index contributed by atoms with van der Waals surface area (Å²) in [5.74, 6) is 0. The van der Waals surface area contributed by atoms with Gasteiger partial charge in [-0.25, -0.2) is 0 Å². The Bertz CT molecular complexity index is 247. The third-order valence-corrected chi connectivity index (χ3v) is 4.85. The predicted molar refractivity (Wildman–Crippen MR) is 67.6 cm³/mol. The zero-order valence-electron chi connectivity index (χ0n) is 10.7. The first-order chi connectivity index (χ1) is 7.75. The van der Waals surface area contributed by atoms with Gasteiger partial charge in [0.05, 0.1) is 0 Å². The molecule has 0 aromatic carbocycles. The molecular formula is C14H26N2. The standard InChI is InChI=1S/C14H26N2/c1-14(6-7-14)12-15-8-4-10-16-9-3-2-5-13(16)11-15/h13H,2-12H2,1H3. The summed E-state index contributed by atoms with van der Waals surface area (Å²) < 4.78 is 0. The number of nitrogens with zero attached hydrogens (tertiary/aromatic N) is 2. The van der Waals surface area contributed by atoms with Crippen molar-refractivity contribution in [1.29, 1.82) is 0 Å². The van der Waals surface area contributed by atoms with Gasteiger partial charge in [0.15, 0.2) is 0 Å². The molecule has 2 heteroatoms. The molecule has 16 heavy (non-hydrogen) atoms. The Hall–Kier alpha value is -0.0800. The SMILES string of the molecule is CC1(CN2CCCN3CCCCC3C2)CC1. The summed E-state index contributed by atoms with van der Waals surface area (Å²) in [5.41, 5.74) is 0.698. The van der Waals surface area contributed by atoms with Crippen LogP contribution in [0.3, 0.4) is 0 Å². The van der Waals surface area contributed by atoms with Gasteiger partial charge in [-0.15, -0.1) is 0 Å². The van der Waals surface area contributed by atoms with Gasteiger partial charge in [-0.05, 0) is 57.2 Å². The van der Waals surface area contributed by atoms with Crippen molar-refractivity contribution in [3.63, 3.8) is 0 Å². The van der Waals surface area contributed by atoms with Gasteiger partial charge < -0.3 is 4.90 Å². The van der Waals surface area contributed by atoms with Crippen molar-refractivity contribution in [3.05, 3.63) is 0 Å². The monoisotopic (exact) mass is 222 g/mol. The normalized spacial score (nSPS) is 35.4. The third-order valence-electron chi connectivity index (χ3n) is 4.85. The predicted octanol–water partition coefficient (Wildman–Crippen LogP) is 2.35. The average Bonchev–Trinajstić information content (AvgIpc) is 3.01. The van der Waals surface area contributed by atoms with Crippen LogP contribution in [0.25, 0.3) is 0 Å². The Morgan fingerprint density at radius 1 is 1.06 bits per heavy atom. The van der Waals surface area contributed by atoms with Crippen LogP contribution in [0.15, 0.2) is 0 Å². The summed E-state index contributed by atoms with van der Waals surface area (Å²) in [4.78, 5) is 5.53. The lowest BCUT2D eigenvalue weighted by atomic mass is 10.0. The van der Waals surface area contributed by atoms with Crippen LogP contribution in [0, 0.1) is 5.41 Å². The zero-order chi connectivity index (χ0) is 11.0. The fraction of sp³-hybridized carbons (Fsp3) is 1.00. The van der Waals surface area contributed by atoms with E-state index in [2.05, 4.69) is 16.7 Å². The largest absolute Gasteiger partial charge is 0.301 e. The van der Waals surface area contributed by atoms with Gasteiger partial charge in [0.2, 0.25) is 0 Å². The molecule has 0 N–H and O–H groups in total. The number of hydrogen-bond donors (Lipinski definition) is 0. The van der Waals surface area contributed by atoms with Crippen LogP contribution in [-0.4, -0.2) is 48.6 Å². The van der Waals surface area contributed by atoms with E-state index in [9.17, 15) is 0 Å². The second-order valence-corrected chi connectivity index (χ2v) is 6.58. The Morgan fingerprint density at radius 2 is 1.88 bits per heavy atom. The van der Waals surface area contributed by atoms with E-state index < -0.39 is 0 Å². The van der Waals surface area contributed by atoms with Crippen LogP contribution in [0.2, 0.25) is 0 Å². The van der Waals surface area contributed by atoms with Crippen molar-refractivity contribution in [3.8, 4) is 0 Å². The van der Waals surface area contributed by atoms with Crippen LogP contribution in [0.4, 0.5) is 0 Å². The summed E-state index contributed by atoms with van der Waals surface area (Å²) in [6.45, 7) is 9.28. The molecule has 3 fully saturated rings. The summed E-state index contributed by atoms with van der Waals surface area (Å²) in [6.07, 6.45) is 8.69. The molecule has 0 amide bonds. The lowest BCUT2D eigenvalue weighted by Crippen LogP contribution is -2.44. The van der Waals surface area contributed by atoms with Gasteiger partial charge in [-0.2, -0.15) is 0 Å². The Kier molecular flexibility index (Phi) is 2.97. The molecule has 1 aliphatic carbocycles. The van der Waals surface area contributed by atoms with Crippen molar-refractivity contribution in [1.82, 2.24) is 9.80 Å². The minimum atomic E-state index is 0.698. The second-order valence-electron chi connectivity index (χ2n) is 6.58. The van der Waals surface area contributed by atoms with Gasteiger partial charge in [0, 0.05) is 19.1 Å². The Labute approximate surface area is 100.0 Å². The van der Waals surface area contributed by atoms with E-state index >= 15 is 0 Å². The second kappa shape index (κ2) is 4.30. The van der Waals surface area contributed by atoms with Crippen LogP contribution in [0.1, 0.15) is 45.4 Å². The van der Waals surface area contributed by atoms with Crippen molar-refractivity contribution >= 4 is 0 Å². The molecule has 0 aromatic rings. The summed E-state index contributed by atoms with van der Waals surface area (Å²) in [6, 6.07) is 0.888. The fourth-order valence-electron chi connectivity index (χ4n) is 3.50. The van der Waals surface area contributed by atoms with Crippen molar-refractivity contribution < 1.29 is 0 Å². The average molecular weight is 222 g/mol. The molecule has 0 aromatic heterocycles. The number of hydrogen-bond acceptors (Lipinski definition) is 2. The highest BCUT2D eigenvalue weighted by Crippen LogP contribution is 2.45. The van der Waals surface area contributed by atoms with E-state index in [-0.39, 0.29) is 0 Å². The van der Waals surface area contributed by atoms with Gasteiger partial charge in [-0.3, -0.25) is 4.90 Å². The highest BCUT2D eigenvalue weighted by atomic mass is 15.2. The van der Waals surface area contributed by atoms with E-state index in [4.69, 9.17) is 0 Å². The van der Waals surface area contributed by atoms with Gasteiger partial charge in [0.25, 0.3) is 0 Å². The highest BCUT2D eigenvalue weighted by molar-refractivity contribution is 4.93. The maximum Gasteiger partial charge on any atom is 0.0223 e. The van der Waals surface area contributed by atoms with E-state index in [1.165, 1.54) is 71.2 Å². The molecule has 92 valence electrons. The molecule has 3 aliphatic rings. The van der Waals surface area contributed by atoms with Crippen LogP contribution in [0.5, 0.6) is 0 Å². The molecule has 3 rings (SSSR count). The number of fused-ring (bicyclic) bond motifs is 1. The first-order valence-corrected chi connectivity index (χ1v) is 7.22.